The first-order valence-corrected chi connectivity index (χ1v) is 10.5. The number of fused-ring (bicyclic) bond motifs is 3. The fourth-order valence-corrected chi connectivity index (χ4v) is 4.47. The van der Waals surface area contributed by atoms with Crippen molar-refractivity contribution in [3.05, 3.63) is 81.8 Å². The van der Waals surface area contributed by atoms with Crippen molar-refractivity contribution < 1.29 is 0 Å². The van der Waals surface area contributed by atoms with Gasteiger partial charge in [-0.05, 0) is 54.7 Å². The maximum absolute atomic E-state index is 6.44. The highest BCUT2D eigenvalue weighted by molar-refractivity contribution is 6.34. The van der Waals surface area contributed by atoms with Crippen LogP contribution >= 0.6 is 11.6 Å². The highest BCUT2D eigenvalue weighted by Gasteiger charge is 2.16. The van der Waals surface area contributed by atoms with Crippen LogP contribution in [0.25, 0.3) is 11.2 Å². The monoisotopic (exact) mass is 402 g/mol. The first-order chi connectivity index (χ1) is 14.1. The summed E-state index contributed by atoms with van der Waals surface area (Å²) >= 11 is 6.44. The molecule has 5 rings (SSSR count). The van der Waals surface area contributed by atoms with E-state index in [1.54, 1.807) is 0 Å². The smallest absolute Gasteiger partial charge is 0.162 e. The van der Waals surface area contributed by atoms with E-state index in [1.807, 2.05) is 13.0 Å². The molecule has 4 aromatic rings. The third-order valence-electron chi connectivity index (χ3n) is 5.64. The first-order valence-electron chi connectivity index (χ1n) is 10.1. The summed E-state index contributed by atoms with van der Waals surface area (Å²) in [6.45, 7) is 4.84. The number of rotatable bonds is 3. The van der Waals surface area contributed by atoms with Crippen LogP contribution in [0.3, 0.4) is 0 Å². The summed E-state index contributed by atoms with van der Waals surface area (Å²) in [7, 11) is 0. The summed E-state index contributed by atoms with van der Waals surface area (Å²) in [5.41, 5.74) is 8.95. The zero-order valence-corrected chi connectivity index (χ0v) is 17.4. The Hall–Kier alpha value is -2.85. The number of aromatic nitrogens is 3. The number of nitrogens with zero attached hydrogens (tertiary/aromatic N) is 3. The molecule has 0 spiro atoms. The third kappa shape index (κ3) is 3.28. The number of hydrogen-bond donors (Lipinski definition) is 1. The molecule has 0 aliphatic carbocycles. The molecular formula is C24H23ClN4. The molecule has 29 heavy (non-hydrogen) atoms. The summed E-state index contributed by atoms with van der Waals surface area (Å²) in [4.78, 5) is 9.49. The fourth-order valence-electron chi connectivity index (χ4n) is 4.18. The number of pyridine rings is 1. The maximum atomic E-state index is 6.44. The normalized spacial score (nSPS) is 12.9. The number of halogens is 1. The van der Waals surface area contributed by atoms with Crippen LogP contribution in [0.1, 0.15) is 35.1 Å². The van der Waals surface area contributed by atoms with Gasteiger partial charge in [0.05, 0.1) is 11.6 Å². The van der Waals surface area contributed by atoms with Gasteiger partial charge >= 0.3 is 0 Å². The van der Waals surface area contributed by atoms with Crippen LogP contribution in [0.5, 0.6) is 0 Å². The zero-order valence-electron chi connectivity index (χ0n) is 16.7. The van der Waals surface area contributed by atoms with E-state index in [1.165, 1.54) is 28.1 Å². The van der Waals surface area contributed by atoms with Crippen LogP contribution in [0, 0.1) is 6.92 Å². The van der Waals surface area contributed by atoms with E-state index in [0.717, 1.165) is 48.5 Å². The molecular weight excluding hydrogens is 380 g/mol. The quantitative estimate of drug-likeness (QED) is 0.467. The predicted molar refractivity (Wildman–Crippen MR) is 119 cm³/mol. The van der Waals surface area contributed by atoms with Crippen molar-refractivity contribution in [3.8, 4) is 0 Å². The lowest BCUT2D eigenvalue weighted by Crippen LogP contribution is -2.06. The minimum atomic E-state index is 0.671. The molecule has 0 bridgehead atoms. The number of imidazole rings is 1. The van der Waals surface area contributed by atoms with E-state index in [-0.39, 0.29) is 0 Å². The third-order valence-corrected chi connectivity index (χ3v) is 5.93. The van der Waals surface area contributed by atoms with Crippen molar-refractivity contribution in [3.63, 3.8) is 0 Å². The van der Waals surface area contributed by atoms with Crippen molar-refractivity contribution in [1.82, 2.24) is 14.5 Å². The molecule has 4 nitrogen and oxygen atoms in total. The van der Waals surface area contributed by atoms with Gasteiger partial charge in [-0.1, -0.05) is 48.9 Å². The molecule has 0 fully saturated rings. The Morgan fingerprint density at radius 2 is 1.79 bits per heavy atom. The van der Waals surface area contributed by atoms with Crippen LogP contribution in [-0.4, -0.2) is 14.5 Å². The zero-order chi connectivity index (χ0) is 20.0. The van der Waals surface area contributed by atoms with Gasteiger partial charge in [0.25, 0.3) is 0 Å². The Kier molecular flexibility index (Phi) is 4.51. The van der Waals surface area contributed by atoms with E-state index < -0.39 is 0 Å². The summed E-state index contributed by atoms with van der Waals surface area (Å²) < 4.78 is 2.20. The van der Waals surface area contributed by atoms with Gasteiger partial charge in [0.15, 0.2) is 5.65 Å². The van der Waals surface area contributed by atoms with Crippen molar-refractivity contribution in [1.29, 1.82) is 0 Å². The number of nitrogens with one attached hydrogen (secondary N) is 1. The largest absolute Gasteiger partial charge is 0.355 e. The first kappa shape index (κ1) is 18.2. The van der Waals surface area contributed by atoms with Crippen LogP contribution in [0.2, 0.25) is 5.02 Å². The molecule has 1 aliphatic rings. The Morgan fingerprint density at radius 1 is 1.00 bits per heavy atom. The molecule has 1 aliphatic heterocycles. The minimum Gasteiger partial charge on any atom is -0.355 e. The average molecular weight is 403 g/mol. The Labute approximate surface area is 175 Å². The lowest BCUT2D eigenvalue weighted by Gasteiger charge is -2.13. The SMILES string of the molecule is CCc1nc2c(Cl)cc(C)nc2n1Cc1ccc2c(c1)CCc1ccccc1N2. The summed E-state index contributed by atoms with van der Waals surface area (Å²) in [5.74, 6) is 1.01. The van der Waals surface area contributed by atoms with E-state index >= 15 is 0 Å². The van der Waals surface area contributed by atoms with Gasteiger partial charge in [-0.3, -0.25) is 0 Å². The molecule has 3 heterocycles. The molecule has 0 atom stereocenters. The van der Waals surface area contributed by atoms with Crippen LogP contribution < -0.4 is 5.32 Å². The van der Waals surface area contributed by atoms with Crippen molar-refractivity contribution in [2.75, 3.05) is 5.32 Å². The van der Waals surface area contributed by atoms with E-state index in [0.29, 0.717) is 5.02 Å². The predicted octanol–water partition coefficient (Wildman–Crippen LogP) is 5.85. The molecule has 0 saturated carbocycles. The van der Waals surface area contributed by atoms with Gasteiger partial charge < -0.3 is 9.88 Å². The number of anilines is 2. The van der Waals surface area contributed by atoms with Gasteiger partial charge in [-0.15, -0.1) is 0 Å². The fraction of sp³-hybridized carbons (Fsp3) is 0.250. The van der Waals surface area contributed by atoms with Gasteiger partial charge in [-0.2, -0.15) is 0 Å². The van der Waals surface area contributed by atoms with Gasteiger partial charge in [0.1, 0.15) is 11.3 Å². The molecule has 5 heteroatoms. The summed E-state index contributed by atoms with van der Waals surface area (Å²) in [6.07, 6.45) is 2.92. The molecule has 2 aromatic carbocycles. The molecule has 0 radical (unpaired) electrons. The summed E-state index contributed by atoms with van der Waals surface area (Å²) in [5, 5.41) is 4.28. The lowest BCUT2D eigenvalue weighted by atomic mass is 10.0. The lowest BCUT2D eigenvalue weighted by molar-refractivity contribution is 0.744. The number of hydrogen-bond acceptors (Lipinski definition) is 3. The second-order valence-electron chi connectivity index (χ2n) is 7.66. The number of benzene rings is 2. The molecule has 146 valence electrons. The highest BCUT2D eigenvalue weighted by atomic mass is 35.5. The van der Waals surface area contributed by atoms with Gasteiger partial charge in [0, 0.05) is 23.5 Å². The molecule has 1 N–H and O–H groups in total. The maximum Gasteiger partial charge on any atom is 0.162 e. The topological polar surface area (TPSA) is 42.7 Å². The Morgan fingerprint density at radius 3 is 2.66 bits per heavy atom. The van der Waals surface area contributed by atoms with Crippen molar-refractivity contribution >= 4 is 34.1 Å². The van der Waals surface area contributed by atoms with Crippen molar-refractivity contribution in [2.24, 2.45) is 0 Å². The molecule has 0 amide bonds. The van der Waals surface area contributed by atoms with Gasteiger partial charge in [0.2, 0.25) is 0 Å². The van der Waals surface area contributed by atoms with Crippen LogP contribution in [-0.2, 0) is 25.8 Å². The van der Waals surface area contributed by atoms with Crippen molar-refractivity contribution in [2.45, 2.75) is 39.7 Å². The average Bonchev–Trinajstić information content (AvgIpc) is 2.95. The van der Waals surface area contributed by atoms with E-state index in [2.05, 4.69) is 59.3 Å². The number of para-hydroxylation sites is 1. The molecule has 0 saturated heterocycles. The molecule has 2 aromatic heterocycles. The van der Waals surface area contributed by atoms with E-state index in [4.69, 9.17) is 21.6 Å². The van der Waals surface area contributed by atoms with E-state index in [9.17, 15) is 0 Å². The number of aryl methyl sites for hydroxylation is 4. The standard InChI is InChI=1S/C24H23ClN4/c1-3-22-28-23-19(25)12-15(2)26-24(23)29(22)14-16-8-11-21-18(13-16)10-9-17-6-4-5-7-20(17)27-21/h4-8,11-13,27H,3,9-10,14H2,1-2H3. The van der Waals surface area contributed by atoms with Crippen LogP contribution in [0.4, 0.5) is 11.4 Å². The van der Waals surface area contributed by atoms with Gasteiger partial charge in [-0.25, -0.2) is 9.97 Å². The van der Waals surface area contributed by atoms with Crippen LogP contribution in [0.15, 0.2) is 48.5 Å². The second-order valence-corrected chi connectivity index (χ2v) is 8.07. The highest BCUT2D eigenvalue weighted by Crippen LogP contribution is 2.31. The Balaban J connectivity index is 1.53. The molecule has 0 unspecified atom stereocenters. The summed E-state index contributed by atoms with van der Waals surface area (Å²) in [6, 6.07) is 17.1. The second kappa shape index (κ2) is 7.20. The minimum absolute atomic E-state index is 0.671. The Bertz CT molecular complexity index is 1230.